The van der Waals surface area contributed by atoms with Crippen molar-refractivity contribution in [3.8, 4) is 0 Å². The molecule has 0 spiro atoms. The minimum atomic E-state index is -0.0412. The van der Waals surface area contributed by atoms with Crippen LogP contribution in [-0.4, -0.2) is 9.38 Å². The van der Waals surface area contributed by atoms with Crippen LogP contribution >= 0.6 is 11.3 Å². The predicted molar refractivity (Wildman–Crippen MR) is 124 cm³/mol. The van der Waals surface area contributed by atoms with Gasteiger partial charge in [0, 0.05) is 23.2 Å². The van der Waals surface area contributed by atoms with Crippen molar-refractivity contribution in [3.63, 3.8) is 0 Å². The second kappa shape index (κ2) is 8.94. The molecular formula is C25H27N3OS. The molecule has 154 valence electrons. The van der Waals surface area contributed by atoms with Crippen molar-refractivity contribution in [1.29, 1.82) is 0 Å². The summed E-state index contributed by atoms with van der Waals surface area (Å²) in [5.41, 5.74) is 4.87. The van der Waals surface area contributed by atoms with Gasteiger partial charge in [-0.3, -0.25) is 14.5 Å². The Labute approximate surface area is 181 Å². The molecule has 1 N–H and O–H groups in total. The molecule has 0 saturated heterocycles. The van der Waals surface area contributed by atoms with Crippen LogP contribution in [0.2, 0.25) is 0 Å². The summed E-state index contributed by atoms with van der Waals surface area (Å²) in [6.45, 7) is 6.92. The van der Waals surface area contributed by atoms with E-state index in [9.17, 15) is 4.79 Å². The van der Waals surface area contributed by atoms with Crippen LogP contribution in [0.5, 0.6) is 0 Å². The van der Waals surface area contributed by atoms with Gasteiger partial charge < -0.3 is 0 Å². The Morgan fingerprint density at radius 3 is 2.53 bits per heavy atom. The average Bonchev–Trinajstić information content (AvgIpc) is 3.28. The van der Waals surface area contributed by atoms with E-state index in [4.69, 9.17) is 4.98 Å². The fourth-order valence-electron chi connectivity index (χ4n) is 3.75. The SMILES string of the molecule is CC[C@H](C)c1ccc([C@H](NCc2cc(=O)n3c(C)cccc3n2)c2cccs2)cc1. The summed E-state index contributed by atoms with van der Waals surface area (Å²) in [5.74, 6) is 0.561. The van der Waals surface area contributed by atoms with Gasteiger partial charge in [0.15, 0.2) is 0 Å². The van der Waals surface area contributed by atoms with E-state index >= 15 is 0 Å². The first-order valence-electron chi connectivity index (χ1n) is 10.4. The van der Waals surface area contributed by atoms with Crippen molar-refractivity contribution in [2.24, 2.45) is 0 Å². The second-order valence-electron chi connectivity index (χ2n) is 7.75. The minimum absolute atomic E-state index is 0.0412. The third-order valence-corrected chi connectivity index (χ3v) is 6.64. The Hall–Kier alpha value is -2.76. The first-order chi connectivity index (χ1) is 14.6. The molecule has 0 radical (unpaired) electrons. The first-order valence-corrected chi connectivity index (χ1v) is 11.3. The van der Waals surface area contributed by atoms with Gasteiger partial charge in [-0.25, -0.2) is 4.98 Å². The average molecular weight is 418 g/mol. The number of nitrogens with one attached hydrogen (secondary N) is 1. The van der Waals surface area contributed by atoms with Crippen LogP contribution in [0.1, 0.15) is 59.6 Å². The highest BCUT2D eigenvalue weighted by atomic mass is 32.1. The zero-order valence-electron chi connectivity index (χ0n) is 17.6. The molecule has 4 aromatic rings. The lowest BCUT2D eigenvalue weighted by Gasteiger charge is -2.19. The molecule has 0 amide bonds. The van der Waals surface area contributed by atoms with Gasteiger partial charge in [-0.2, -0.15) is 0 Å². The summed E-state index contributed by atoms with van der Waals surface area (Å²) in [6, 6.07) is 20.5. The number of fused-ring (bicyclic) bond motifs is 1. The van der Waals surface area contributed by atoms with Crippen molar-refractivity contribution < 1.29 is 0 Å². The molecule has 4 rings (SSSR count). The maximum absolute atomic E-state index is 12.6. The second-order valence-corrected chi connectivity index (χ2v) is 8.73. The molecule has 0 aliphatic carbocycles. The van der Waals surface area contributed by atoms with Crippen LogP contribution in [0.15, 0.2) is 70.8 Å². The molecule has 0 unspecified atom stereocenters. The van der Waals surface area contributed by atoms with Gasteiger partial charge in [0.25, 0.3) is 5.56 Å². The lowest BCUT2D eigenvalue weighted by atomic mass is 9.95. The van der Waals surface area contributed by atoms with Gasteiger partial charge in [0.2, 0.25) is 0 Å². The molecule has 30 heavy (non-hydrogen) atoms. The highest BCUT2D eigenvalue weighted by Gasteiger charge is 2.16. The van der Waals surface area contributed by atoms with Crippen LogP contribution in [-0.2, 0) is 6.54 Å². The number of rotatable bonds is 7. The molecule has 2 atom stereocenters. The summed E-state index contributed by atoms with van der Waals surface area (Å²) >= 11 is 1.73. The van der Waals surface area contributed by atoms with E-state index in [0.717, 1.165) is 17.8 Å². The molecule has 0 aliphatic rings. The van der Waals surface area contributed by atoms with Crippen LogP contribution in [0.25, 0.3) is 5.65 Å². The Morgan fingerprint density at radius 1 is 1.07 bits per heavy atom. The molecule has 3 aromatic heterocycles. The van der Waals surface area contributed by atoms with Crippen molar-refractivity contribution in [1.82, 2.24) is 14.7 Å². The van der Waals surface area contributed by atoms with Gasteiger partial charge in [-0.1, -0.05) is 50.2 Å². The van der Waals surface area contributed by atoms with E-state index < -0.39 is 0 Å². The van der Waals surface area contributed by atoms with Crippen LogP contribution in [0, 0.1) is 6.92 Å². The molecule has 4 nitrogen and oxygen atoms in total. The molecule has 1 aromatic carbocycles. The van der Waals surface area contributed by atoms with Crippen molar-refractivity contribution in [3.05, 3.63) is 104 Å². The Bertz CT molecular complexity index is 1180. The number of benzene rings is 1. The highest BCUT2D eigenvalue weighted by molar-refractivity contribution is 7.10. The highest BCUT2D eigenvalue weighted by Crippen LogP contribution is 2.28. The quantitative estimate of drug-likeness (QED) is 0.434. The first kappa shape index (κ1) is 20.5. The lowest BCUT2D eigenvalue weighted by Crippen LogP contribution is -2.24. The van der Waals surface area contributed by atoms with E-state index in [2.05, 4.69) is 60.9 Å². The van der Waals surface area contributed by atoms with Crippen LogP contribution < -0.4 is 10.9 Å². The molecule has 5 heteroatoms. The summed E-state index contributed by atoms with van der Waals surface area (Å²) in [4.78, 5) is 18.5. The topological polar surface area (TPSA) is 46.4 Å². The fraction of sp³-hybridized carbons (Fsp3) is 0.280. The number of pyridine rings is 1. The van der Waals surface area contributed by atoms with Gasteiger partial charge in [0.05, 0.1) is 11.7 Å². The molecule has 3 heterocycles. The summed E-state index contributed by atoms with van der Waals surface area (Å²) in [6.07, 6.45) is 1.13. The third kappa shape index (κ3) is 4.23. The number of aromatic nitrogens is 2. The molecule has 0 bridgehead atoms. The Balaban J connectivity index is 1.61. The third-order valence-electron chi connectivity index (χ3n) is 5.70. The fourth-order valence-corrected chi connectivity index (χ4v) is 4.58. The van der Waals surface area contributed by atoms with Gasteiger partial charge in [-0.15, -0.1) is 11.3 Å². The maximum atomic E-state index is 12.6. The van der Waals surface area contributed by atoms with Crippen LogP contribution in [0.4, 0.5) is 0 Å². The van der Waals surface area contributed by atoms with Crippen molar-refractivity contribution >= 4 is 17.0 Å². The maximum Gasteiger partial charge on any atom is 0.258 e. The number of aryl methyl sites for hydroxylation is 1. The monoisotopic (exact) mass is 417 g/mol. The molecule has 0 fully saturated rings. The molecule has 0 saturated carbocycles. The Morgan fingerprint density at radius 2 is 1.83 bits per heavy atom. The zero-order valence-corrected chi connectivity index (χ0v) is 18.4. The Kier molecular flexibility index (Phi) is 6.11. The van der Waals surface area contributed by atoms with Gasteiger partial charge in [-0.05, 0) is 54.0 Å². The van der Waals surface area contributed by atoms with E-state index in [-0.39, 0.29) is 11.6 Å². The molecular weight excluding hydrogens is 390 g/mol. The number of hydrogen-bond donors (Lipinski definition) is 1. The van der Waals surface area contributed by atoms with E-state index in [1.807, 2.05) is 25.1 Å². The largest absolute Gasteiger partial charge is 0.300 e. The molecule has 0 aliphatic heterocycles. The summed E-state index contributed by atoms with van der Waals surface area (Å²) < 4.78 is 1.65. The number of hydrogen-bond acceptors (Lipinski definition) is 4. The normalized spacial score (nSPS) is 13.4. The van der Waals surface area contributed by atoms with Crippen molar-refractivity contribution in [2.45, 2.75) is 45.7 Å². The zero-order chi connectivity index (χ0) is 21.1. The predicted octanol–water partition coefficient (Wildman–Crippen LogP) is 5.46. The van der Waals surface area contributed by atoms with E-state index in [0.29, 0.717) is 18.1 Å². The minimum Gasteiger partial charge on any atom is -0.300 e. The van der Waals surface area contributed by atoms with E-state index in [1.165, 1.54) is 16.0 Å². The van der Waals surface area contributed by atoms with Gasteiger partial charge >= 0.3 is 0 Å². The summed E-state index contributed by atoms with van der Waals surface area (Å²) in [5, 5.41) is 5.72. The van der Waals surface area contributed by atoms with Crippen LogP contribution in [0.3, 0.4) is 0 Å². The van der Waals surface area contributed by atoms with E-state index in [1.54, 1.807) is 21.8 Å². The smallest absolute Gasteiger partial charge is 0.258 e. The summed E-state index contributed by atoms with van der Waals surface area (Å²) in [7, 11) is 0. The standard InChI is InChI=1S/C25H27N3OS/c1-4-17(2)19-10-12-20(13-11-19)25(22-8-6-14-30-22)26-16-21-15-24(29)28-18(3)7-5-9-23(28)27-21/h5-15,17,25-26H,4,16H2,1-3H3/t17-,25-/m0/s1. The van der Waals surface area contributed by atoms with Gasteiger partial charge in [0.1, 0.15) is 5.65 Å². The number of thiophene rings is 1. The number of nitrogens with zero attached hydrogens (tertiary/aromatic N) is 2. The lowest BCUT2D eigenvalue weighted by molar-refractivity contribution is 0.603. The van der Waals surface area contributed by atoms with Crippen molar-refractivity contribution in [2.75, 3.05) is 0 Å².